The molecule has 1 aromatic carbocycles. The fourth-order valence-corrected chi connectivity index (χ4v) is 2.36. The van der Waals surface area contributed by atoms with Crippen LogP contribution in [0.25, 0.3) is 0 Å². The van der Waals surface area contributed by atoms with Gasteiger partial charge >= 0.3 is 6.18 Å². The smallest absolute Gasteiger partial charge is 0.416 e. The Balaban J connectivity index is 2.41. The maximum atomic E-state index is 12.6. The van der Waals surface area contributed by atoms with Gasteiger partial charge in [-0.1, -0.05) is 15.9 Å². The molecule has 0 radical (unpaired) electrons. The first-order chi connectivity index (χ1) is 8.25. The minimum Gasteiger partial charge on any atom is -0.496 e. The highest BCUT2D eigenvalue weighted by molar-refractivity contribution is 9.10. The molecule has 0 saturated heterocycles. The molecule has 0 bridgehead atoms. The summed E-state index contributed by atoms with van der Waals surface area (Å²) in [6.45, 7) is 0. The molecule has 18 heavy (non-hydrogen) atoms. The average Bonchev–Trinajstić information content (AvgIpc) is 2.98. The third-order valence-electron chi connectivity index (χ3n) is 3.03. The lowest BCUT2D eigenvalue weighted by molar-refractivity contribution is -0.137. The Morgan fingerprint density at radius 2 is 2.00 bits per heavy atom. The summed E-state index contributed by atoms with van der Waals surface area (Å²) in [5, 5.41) is 9.86. The molecular formula is C12H12BrF3O2. The monoisotopic (exact) mass is 324 g/mol. The highest BCUT2D eigenvalue weighted by Crippen LogP contribution is 2.44. The van der Waals surface area contributed by atoms with Gasteiger partial charge in [0.1, 0.15) is 5.75 Å². The van der Waals surface area contributed by atoms with Crippen molar-refractivity contribution in [1.82, 2.24) is 0 Å². The first-order valence-corrected chi connectivity index (χ1v) is 6.20. The number of hydrogen-bond acceptors (Lipinski definition) is 2. The van der Waals surface area contributed by atoms with Crippen LogP contribution in [0.5, 0.6) is 5.75 Å². The second kappa shape index (κ2) is 4.42. The SMILES string of the molecule is COc1cc(C(F)(F)F)cc(Br)c1CC1(O)CC1. The average molecular weight is 325 g/mol. The van der Waals surface area contributed by atoms with E-state index < -0.39 is 17.3 Å². The van der Waals surface area contributed by atoms with Gasteiger partial charge in [0.25, 0.3) is 0 Å². The Labute approximate surface area is 111 Å². The van der Waals surface area contributed by atoms with Gasteiger partial charge in [-0.2, -0.15) is 13.2 Å². The van der Waals surface area contributed by atoms with Crippen LogP contribution in [0.15, 0.2) is 16.6 Å². The maximum absolute atomic E-state index is 12.6. The van der Waals surface area contributed by atoms with Gasteiger partial charge in [0.2, 0.25) is 0 Å². The molecule has 6 heteroatoms. The molecule has 0 amide bonds. The Morgan fingerprint density at radius 1 is 1.39 bits per heavy atom. The molecular weight excluding hydrogens is 313 g/mol. The molecule has 1 aromatic rings. The van der Waals surface area contributed by atoms with Crippen LogP contribution in [0.4, 0.5) is 13.2 Å². The van der Waals surface area contributed by atoms with Crippen molar-refractivity contribution < 1.29 is 23.0 Å². The van der Waals surface area contributed by atoms with E-state index in [0.717, 1.165) is 12.1 Å². The number of benzene rings is 1. The lowest BCUT2D eigenvalue weighted by atomic mass is 10.0. The summed E-state index contributed by atoms with van der Waals surface area (Å²) in [6.07, 6.45) is -2.77. The predicted octanol–water partition coefficient (Wildman–Crippen LogP) is 3.54. The number of alkyl halides is 3. The molecule has 0 atom stereocenters. The minimum atomic E-state index is -4.41. The standard InChI is InChI=1S/C12H12BrF3O2/c1-18-10-5-7(12(14,15)16)4-9(13)8(10)6-11(17)2-3-11/h4-5,17H,2-3,6H2,1H3. The first-order valence-electron chi connectivity index (χ1n) is 5.41. The minimum absolute atomic E-state index is 0.150. The van der Waals surface area contributed by atoms with Crippen molar-refractivity contribution in [3.05, 3.63) is 27.7 Å². The van der Waals surface area contributed by atoms with E-state index >= 15 is 0 Å². The lowest BCUT2D eigenvalue weighted by Crippen LogP contribution is -2.13. The van der Waals surface area contributed by atoms with Gasteiger partial charge in [-0.15, -0.1) is 0 Å². The number of hydrogen-bond donors (Lipinski definition) is 1. The molecule has 1 saturated carbocycles. The summed E-state index contributed by atoms with van der Waals surface area (Å²) in [5.74, 6) is 0.150. The Hall–Kier alpha value is -0.750. The van der Waals surface area contributed by atoms with E-state index in [2.05, 4.69) is 15.9 Å². The zero-order chi connectivity index (χ0) is 13.6. The van der Waals surface area contributed by atoms with E-state index in [1.807, 2.05) is 0 Å². The molecule has 2 rings (SSSR count). The van der Waals surface area contributed by atoms with Crippen LogP contribution in [-0.2, 0) is 12.6 Å². The third-order valence-corrected chi connectivity index (χ3v) is 3.74. The summed E-state index contributed by atoms with van der Waals surface area (Å²) < 4.78 is 43.2. The normalized spacial score (nSPS) is 17.7. The van der Waals surface area contributed by atoms with Gasteiger partial charge in [-0.05, 0) is 25.0 Å². The van der Waals surface area contributed by atoms with Crippen LogP contribution in [-0.4, -0.2) is 17.8 Å². The van der Waals surface area contributed by atoms with Gasteiger partial charge in [0.05, 0.1) is 18.3 Å². The molecule has 0 aromatic heterocycles. The molecule has 0 aliphatic heterocycles. The van der Waals surface area contributed by atoms with Gasteiger partial charge in [-0.3, -0.25) is 0 Å². The van der Waals surface area contributed by atoms with Gasteiger partial charge in [-0.25, -0.2) is 0 Å². The van der Waals surface area contributed by atoms with Gasteiger partial charge in [0.15, 0.2) is 0 Å². The van der Waals surface area contributed by atoms with Gasteiger partial charge in [0, 0.05) is 16.5 Å². The molecule has 2 nitrogen and oxygen atoms in total. The molecule has 1 N–H and O–H groups in total. The highest BCUT2D eigenvalue weighted by atomic mass is 79.9. The number of halogens is 4. The van der Waals surface area contributed by atoms with Crippen LogP contribution in [0, 0.1) is 0 Å². The van der Waals surface area contributed by atoms with E-state index in [1.54, 1.807) is 0 Å². The van der Waals surface area contributed by atoms with Crippen LogP contribution in [0.3, 0.4) is 0 Å². The van der Waals surface area contributed by atoms with E-state index in [-0.39, 0.29) is 5.75 Å². The summed E-state index contributed by atoms with van der Waals surface area (Å²) in [7, 11) is 1.32. The highest BCUT2D eigenvalue weighted by Gasteiger charge is 2.42. The van der Waals surface area contributed by atoms with Crippen molar-refractivity contribution in [3.8, 4) is 5.75 Å². The summed E-state index contributed by atoms with van der Waals surface area (Å²) in [4.78, 5) is 0. The van der Waals surface area contributed by atoms with Crippen molar-refractivity contribution in [3.63, 3.8) is 0 Å². The zero-order valence-corrected chi connectivity index (χ0v) is 11.2. The van der Waals surface area contributed by atoms with Crippen molar-refractivity contribution in [1.29, 1.82) is 0 Å². The molecule has 0 spiro atoms. The fraction of sp³-hybridized carbons (Fsp3) is 0.500. The van der Waals surface area contributed by atoms with E-state index in [9.17, 15) is 18.3 Å². The molecule has 0 heterocycles. The third kappa shape index (κ3) is 2.80. The summed E-state index contributed by atoms with van der Waals surface area (Å²) in [6, 6.07) is 1.98. The van der Waals surface area contributed by atoms with E-state index in [4.69, 9.17) is 4.74 Å². The molecule has 100 valence electrons. The van der Waals surface area contributed by atoms with E-state index in [1.165, 1.54) is 7.11 Å². The first kappa shape index (κ1) is 13.7. The number of methoxy groups -OCH3 is 1. The van der Waals surface area contributed by atoms with Crippen LogP contribution in [0.1, 0.15) is 24.0 Å². The molecule has 0 unspecified atom stereocenters. The second-order valence-electron chi connectivity index (χ2n) is 4.54. The molecule has 1 aliphatic rings. The van der Waals surface area contributed by atoms with Crippen molar-refractivity contribution >= 4 is 15.9 Å². The van der Waals surface area contributed by atoms with Crippen LogP contribution >= 0.6 is 15.9 Å². The summed E-state index contributed by atoms with van der Waals surface area (Å²) in [5.41, 5.74) is -0.974. The fourth-order valence-electron chi connectivity index (χ4n) is 1.78. The maximum Gasteiger partial charge on any atom is 0.416 e. The zero-order valence-electron chi connectivity index (χ0n) is 9.64. The number of ether oxygens (including phenoxy) is 1. The Kier molecular flexibility index (Phi) is 3.36. The Morgan fingerprint density at radius 3 is 2.44 bits per heavy atom. The molecule has 1 aliphatic carbocycles. The number of rotatable bonds is 3. The quantitative estimate of drug-likeness (QED) is 0.921. The van der Waals surface area contributed by atoms with Crippen molar-refractivity contribution in [2.75, 3.05) is 7.11 Å². The van der Waals surface area contributed by atoms with Crippen molar-refractivity contribution in [2.24, 2.45) is 0 Å². The van der Waals surface area contributed by atoms with Gasteiger partial charge < -0.3 is 9.84 Å². The largest absolute Gasteiger partial charge is 0.496 e. The summed E-state index contributed by atoms with van der Waals surface area (Å²) >= 11 is 3.12. The second-order valence-corrected chi connectivity index (χ2v) is 5.39. The number of aliphatic hydroxyl groups is 1. The van der Waals surface area contributed by atoms with E-state index in [0.29, 0.717) is 29.3 Å². The lowest BCUT2D eigenvalue weighted by Gasteiger charge is -2.16. The Bertz CT molecular complexity index is 467. The predicted molar refractivity (Wildman–Crippen MR) is 63.6 cm³/mol. The van der Waals surface area contributed by atoms with Crippen LogP contribution < -0.4 is 4.74 Å². The molecule has 1 fully saturated rings. The topological polar surface area (TPSA) is 29.5 Å². The van der Waals surface area contributed by atoms with Crippen molar-refractivity contribution in [2.45, 2.75) is 31.0 Å². The van der Waals surface area contributed by atoms with Crippen LogP contribution in [0.2, 0.25) is 0 Å².